The SMILES string of the molecule is Nc1cc(Cl)ccc1OC/C=C/Cl. The molecule has 0 aliphatic carbocycles. The maximum absolute atomic E-state index is 5.71. The average Bonchev–Trinajstić information content (AvgIpc) is 2.09. The van der Waals surface area contributed by atoms with Crippen molar-refractivity contribution in [3.05, 3.63) is 34.8 Å². The fourth-order valence-corrected chi connectivity index (χ4v) is 1.08. The lowest BCUT2D eigenvalue weighted by molar-refractivity contribution is 0.365. The molecule has 0 aliphatic heterocycles. The van der Waals surface area contributed by atoms with Crippen LogP contribution in [0.4, 0.5) is 5.69 Å². The van der Waals surface area contributed by atoms with Crippen LogP contribution in [0.2, 0.25) is 5.02 Å². The van der Waals surface area contributed by atoms with Crippen molar-refractivity contribution in [1.82, 2.24) is 0 Å². The van der Waals surface area contributed by atoms with Crippen molar-refractivity contribution in [3.63, 3.8) is 0 Å². The minimum Gasteiger partial charge on any atom is -0.487 e. The molecule has 0 aliphatic rings. The predicted molar refractivity (Wildman–Crippen MR) is 56.4 cm³/mol. The molecule has 0 spiro atoms. The normalized spacial score (nSPS) is 10.6. The second-order valence-electron chi connectivity index (χ2n) is 2.35. The molecular formula is C9H9Cl2NO. The highest BCUT2D eigenvalue weighted by Gasteiger charge is 1.98. The molecule has 1 rings (SSSR count). The Balaban J connectivity index is 2.66. The highest BCUT2D eigenvalue weighted by Crippen LogP contribution is 2.24. The smallest absolute Gasteiger partial charge is 0.142 e. The average molecular weight is 218 g/mol. The zero-order valence-corrected chi connectivity index (χ0v) is 8.35. The van der Waals surface area contributed by atoms with E-state index < -0.39 is 0 Å². The Hall–Kier alpha value is -0.860. The Morgan fingerprint density at radius 1 is 1.46 bits per heavy atom. The van der Waals surface area contributed by atoms with Gasteiger partial charge in [0.1, 0.15) is 12.4 Å². The fourth-order valence-electron chi connectivity index (χ4n) is 0.825. The first kappa shape index (κ1) is 10.2. The Bertz CT molecular complexity index is 312. The third kappa shape index (κ3) is 3.17. The Morgan fingerprint density at radius 2 is 2.23 bits per heavy atom. The lowest BCUT2D eigenvalue weighted by Gasteiger charge is -2.06. The summed E-state index contributed by atoms with van der Waals surface area (Å²) in [4.78, 5) is 0. The molecule has 1 aromatic rings. The van der Waals surface area contributed by atoms with Gasteiger partial charge in [-0.05, 0) is 24.3 Å². The molecule has 0 saturated heterocycles. The first-order chi connectivity index (χ1) is 6.24. The van der Waals surface area contributed by atoms with Gasteiger partial charge in [-0.3, -0.25) is 0 Å². The zero-order chi connectivity index (χ0) is 9.68. The van der Waals surface area contributed by atoms with Crippen molar-refractivity contribution < 1.29 is 4.74 Å². The summed E-state index contributed by atoms with van der Waals surface area (Å²) in [5, 5.41) is 0.595. The molecule has 0 atom stereocenters. The van der Waals surface area contributed by atoms with E-state index in [1.165, 1.54) is 5.54 Å². The van der Waals surface area contributed by atoms with Gasteiger partial charge in [0.15, 0.2) is 0 Å². The molecule has 0 fully saturated rings. The van der Waals surface area contributed by atoms with E-state index >= 15 is 0 Å². The van der Waals surface area contributed by atoms with E-state index in [0.29, 0.717) is 23.1 Å². The second kappa shape index (κ2) is 5.00. The lowest BCUT2D eigenvalue weighted by atomic mass is 10.3. The summed E-state index contributed by atoms with van der Waals surface area (Å²) in [7, 11) is 0. The largest absolute Gasteiger partial charge is 0.487 e. The van der Waals surface area contributed by atoms with Crippen LogP contribution in [0.1, 0.15) is 0 Å². The van der Waals surface area contributed by atoms with E-state index in [0.717, 1.165) is 0 Å². The zero-order valence-electron chi connectivity index (χ0n) is 6.84. The highest BCUT2D eigenvalue weighted by molar-refractivity contribution is 6.30. The van der Waals surface area contributed by atoms with Crippen molar-refractivity contribution in [3.8, 4) is 5.75 Å². The maximum Gasteiger partial charge on any atom is 0.142 e. The quantitative estimate of drug-likeness (QED) is 0.791. The fraction of sp³-hybridized carbons (Fsp3) is 0.111. The number of rotatable bonds is 3. The van der Waals surface area contributed by atoms with E-state index in [1.807, 2.05) is 0 Å². The van der Waals surface area contributed by atoms with E-state index in [9.17, 15) is 0 Å². The Kier molecular flexibility index (Phi) is 3.93. The summed E-state index contributed by atoms with van der Waals surface area (Å²) in [5.74, 6) is 0.610. The predicted octanol–water partition coefficient (Wildman–Crippen LogP) is 3.05. The standard InChI is InChI=1S/C9H9Cl2NO/c10-4-1-5-13-9-3-2-7(11)6-8(9)12/h1-4,6H,5,12H2/b4-1+. The van der Waals surface area contributed by atoms with Gasteiger partial charge in [-0.2, -0.15) is 0 Å². The summed E-state index contributed by atoms with van der Waals surface area (Å²) in [5.41, 5.74) is 7.56. The number of anilines is 1. The van der Waals surface area contributed by atoms with Crippen LogP contribution < -0.4 is 10.5 Å². The lowest BCUT2D eigenvalue weighted by Crippen LogP contribution is -1.97. The second-order valence-corrected chi connectivity index (χ2v) is 3.04. The number of hydrogen-bond acceptors (Lipinski definition) is 2. The summed E-state index contributed by atoms with van der Waals surface area (Å²) in [6.45, 7) is 0.398. The van der Waals surface area contributed by atoms with Gasteiger partial charge in [-0.15, -0.1) is 0 Å². The van der Waals surface area contributed by atoms with Crippen LogP contribution in [0.25, 0.3) is 0 Å². The molecule has 0 radical (unpaired) electrons. The van der Waals surface area contributed by atoms with Crippen molar-refractivity contribution >= 4 is 28.9 Å². The Labute approximate surface area is 86.9 Å². The first-order valence-corrected chi connectivity index (χ1v) is 4.48. The minimum absolute atomic E-state index is 0.398. The molecule has 0 heterocycles. The van der Waals surface area contributed by atoms with Gasteiger partial charge in [-0.25, -0.2) is 0 Å². The van der Waals surface area contributed by atoms with Gasteiger partial charge >= 0.3 is 0 Å². The molecule has 0 aromatic heterocycles. The summed E-state index contributed by atoms with van der Waals surface area (Å²) in [6.07, 6.45) is 1.68. The molecule has 1 aromatic carbocycles. The molecule has 2 N–H and O–H groups in total. The molecule has 13 heavy (non-hydrogen) atoms. The summed E-state index contributed by atoms with van der Waals surface area (Å²) >= 11 is 11.0. The van der Waals surface area contributed by atoms with Gasteiger partial charge in [0, 0.05) is 10.6 Å². The monoisotopic (exact) mass is 217 g/mol. The van der Waals surface area contributed by atoms with Crippen LogP contribution >= 0.6 is 23.2 Å². The number of nitrogen functional groups attached to an aromatic ring is 1. The molecule has 0 saturated carbocycles. The van der Waals surface area contributed by atoms with Crippen LogP contribution in [0, 0.1) is 0 Å². The van der Waals surface area contributed by atoms with Crippen LogP contribution in [0.5, 0.6) is 5.75 Å². The number of nitrogens with two attached hydrogens (primary N) is 1. The van der Waals surface area contributed by atoms with E-state index in [2.05, 4.69) is 0 Å². The Morgan fingerprint density at radius 3 is 2.85 bits per heavy atom. The van der Waals surface area contributed by atoms with Crippen molar-refractivity contribution in [2.24, 2.45) is 0 Å². The topological polar surface area (TPSA) is 35.2 Å². The van der Waals surface area contributed by atoms with Crippen LogP contribution in [-0.2, 0) is 0 Å². The third-order valence-corrected chi connectivity index (χ3v) is 1.81. The first-order valence-electron chi connectivity index (χ1n) is 3.67. The summed E-state index contributed by atoms with van der Waals surface area (Å²) < 4.78 is 5.28. The number of halogens is 2. The van der Waals surface area contributed by atoms with Crippen LogP contribution in [0.3, 0.4) is 0 Å². The molecule has 2 nitrogen and oxygen atoms in total. The van der Waals surface area contributed by atoms with Crippen LogP contribution in [-0.4, -0.2) is 6.61 Å². The van der Waals surface area contributed by atoms with Crippen LogP contribution in [0.15, 0.2) is 29.8 Å². The maximum atomic E-state index is 5.71. The van der Waals surface area contributed by atoms with E-state index in [4.69, 9.17) is 33.7 Å². The molecule has 70 valence electrons. The van der Waals surface area contributed by atoms with Crippen molar-refractivity contribution in [1.29, 1.82) is 0 Å². The molecule has 0 amide bonds. The highest BCUT2D eigenvalue weighted by atomic mass is 35.5. The van der Waals surface area contributed by atoms with Crippen molar-refractivity contribution in [2.45, 2.75) is 0 Å². The van der Waals surface area contributed by atoms with Gasteiger partial charge in [-0.1, -0.05) is 23.2 Å². The van der Waals surface area contributed by atoms with E-state index in [-0.39, 0.29) is 0 Å². The molecule has 0 bridgehead atoms. The number of hydrogen-bond donors (Lipinski definition) is 1. The minimum atomic E-state index is 0.398. The van der Waals surface area contributed by atoms with Gasteiger partial charge in [0.05, 0.1) is 5.69 Å². The molecule has 4 heteroatoms. The van der Waals surface area contributed by atoms with Gasteiger partial charge in [0.2, 0.25) is 0 Å². The van der Waals surface area contributed by atoms with E-state index in [1.54, 1.807) is 24.3 Å². The van der Waals surface area contributed by atoms with Gasteiger partial charge in [0.25, 0.3) is 0 Å². The van der Waals surface area contributed by atoms with Crippen molar-refractivity contribution in [2.75, 3.05) is 12.3 Å². The number of benzene rings is 1. The molecular weight excluding hydrogens is 209 g/mol. The number of ether oxygens (including phenoxy) is 1. The van der Waals surface area contributed by atoms with Gasteiger partial charge < -0.3 is 10.5 Å². The third-order valence-electron chi connectivity index (χ3n) is 1.40. The summed E-state index contributed by atoms with van der Waals surface area (Å²) in [6, 6.07) is 5.08. The molecule has 0 unspecified atom stereocenters.